The Labute approximate surface area is 144 Å². The third kappa shape index (κ3) is 4.58. The second-order valence-electron chi connectivity index (χ2n) is 6.67. The number of piperidine rings is 1. The van der Waals surface area contributed by atoms with Gasteiger partial charge in [-0.1, -0.05) is 12.1 Å². The van der Waals surface area contributed by atoms with Gasteiger partial charge in [0.05, 0.1) is 5.70 Å². The van der Waals surface area contributed by atoms with Gasteiger partial charge in [-0.05, 0) is 51.1 Å². The van der Waals surface area contributed by atoms with Crippen LogP contribution in [-0.2, 0) is 0 Å². The third-order valence-electron chi connectivity index (χ3n) is 4.29. The van der Waals surface area contributed by atoms with Gasteiger partial charge in [0.2, 0.25) is 0 Å². The Bertz CT molecular complexity index is 620. The monoisotopic (exact) mass is 331 g/mol. The first-order valence-electron chi connectivity index (χ1n) is 8.29. The fourth-order valence-electron chi connectivity index (χ4n) is 3.25. The van der Waals surface area contributed by atoms with Crippen LogP contribution in [0.3, 0.4) is 0 Å². The summed E-state index contributed by atoms with van der Waals surface area (Å²) in [5, 5.41) is 9.97. The zero-order valence-corrected chi connectivity index (χ0v) is 14.6. The van der Waals surface area contributed by atoms with E-state index in [1.807, 2.05) is 6.07 Å². The highest BCUT2D eigenvalue weighted by Crippen LogP contribution is 2.26. The molecule has 1 aromatic carbocycles. The largest absolute Gasteiger partial charge is 0.507 e. The van der Waals surface area contributed by atoms with E-state index in [4.69, 9.17) is 17.2 Å². The average molecular weight is 331 g/mol. The topological polar surface area (TPSA) is 105 Å². The number of hydrogen-bond donors (Lipinski definition) is 4. The van der Waals surface area contributed by atoms with Gasteiger partial charge in [-0.3, -0.25) is 0 Å². The van der Waals surface area contributed by atoms with Crippen molar-refractivity contribution in [2.24, 2.45) is 23.1 Å². The molecule has 0 saturated carbocycles. The molecule has 1 fully saturated rings. The fourth-order valence-corrected chi connectivity index (χ4v) is 3.25. The van der Waals surface area contributed by atoms with Gasteiger partial charge in [0.25, 0.3) is 0 Å². The van der Waals surface area contributed by atoms with E-state index < -0.39 is 0 Å². The summed E-state index contributed by atoms with van der Waals surface area (Å²) < 4.78 is 0. The van der Waals surface area contributed by atoms with Crippen LogP contribution >= 0.6 is 0 Å². The Morgan fingerprint density at radius 1 is 1.29 bits per heavy atom. The molecule has 1 atom stereocenters. The van der Waals surface area contributed by atoms with Crippen LogP contribution in [0.15, 0.2) is 41.9 Å². The number of allylic oxidation sites excluding steroid dienone is 1. The minimum atomic E-state index is 0.144. The molecule has 1 aliphatic heterocycles. The zero-order chi connectivity index (χ0) is 17.7. The van der Waals surface area contributed by atoms with E-state index in [1.165, 1.54) is 6.42 Å². The lowest BCUT2D eigenvalue weighted by molar-refractivity contribution is 0.186. The van der Waals surface area contributed by atoms with Gasteiger partial charge in [0.15, 0.2) is 0 Å². The predicted molar refractivity (Wildman–Crippen MR) is 98.5 cm³/mol. The number of para-hydroxylation sites is 1. The minimum Gasteiger partial charge on any atom is -0.507 e. The van der Waals surface area contributed by atoms with Crippen molar-refractivity contribution in [3.8, 4) is 5.75 Å². The normalized spacial score (nSPS) is 18.7. The van der Waals surface area contributed by atoms with Crippen molar-refractivity contribution in [3.05, 3.63) is 47.4 Å². The van der Waals surface area contributed by atoms with Crippen LogP contribution in [0.2, 0.25) is 0 Å². The third-order valence-corrected chi connectivity index (χ3v) is 4.29. The lowest BCUT2D eigenvalue weighted by Gasteiger charge is -2.36. The molecule has 7 N–H and O–H groups in total. The van der Waals surface area contributed by atoms with Crippen molar-refractivity contribution in [2.45, 2.75) is 12.8 Å². The number of benzene rings is 1. The van der Waals surface area contributed by atoms with E-state index in [0.29, 0.717) is 17.2 Å². The van der Waals surface area contributed by atoms with Gasteiger partial charge >= 0.3 is 0 Å². The minimum absolute atomic E-state index is 0.144. The van der Waals surface area contributed by atoms with E-state index in [2.05, 4.69) is 23.9 Å². The molecule has 6 heteroatoms. The molecule has 2 rings (SSSR count). The first-order valence-corrected chi connectivity index (χ1v) is 8.29. The van der Waals surface area contributed by atoms with Crippen LogP contribution in [0.5, 0.6) is 5.75 Å². The summed E-state index contributed by atoms with van der Waals surface area (Å²) in [7, 11) is 4.17. The van der Waals surface area contributed by atoms with Crippen LogP contribution in [-0.4, -0.2) is 48.6 Å². The molecular weight excluding hydrogens is 302 g/mol. The van der Waals surface area contributed by atoms with Gasteiger partial charge in [-0.15, -0.1) is 0 Å². The van der Waals surface area contributed by atoms with E-state index in [-0.39, 0.29) is 11.6 Å². The van der Waals surface area contributed by atoms with E-state index >= 15 is 0 Å². The second-order valence-corrected chi connectivity index (χ2v) is 6.67. The van der Waals surface area contributed by atoms with Gasteiger partial charge < -0.3 is 32.1 Å². The molecule has 132 valence electrons. The molecule has 0 radical (unpaired) electrons. The lowest BCUT2D eigenvalue weighted by Crippen LogP contribution is -2.40. The Balaban J connectivity index is 2.23. The van der Waals surface area contributed by atoms with Crippen molar-refractivity contribution in [3.63, 3.8) is 0 Å². The number of likely N-dealkylation sites (tertiary alicyclic amines) is 1. The first-order chi connectivity index (χ1) is 11.4. The average Bonchev–Trinajstić information content (AvgIpc) is 2.52. The van der Waals surface area contributed by atoms with Crippen LogP contribution in [0, 0.1) is 5.92 Å². The standard InChI is InChI=1S/C18H29N5O/c1-22(2)11-13-6-5-9-23(12-13)16(18(20)21)10-15(19)14-7-3-4-8-17(14)24/h3-4,7-8,10,13,24H,5-6,9,11-12,19-21H2,1-2H3/b15-10-. The summed E-state index contributed by atoms with van der Waals surface area (Å²) in [6.07, 6.45) is 4.06. The summed E-state index contributed by atoms with van der Waals surface area (Å²) in [6.45, 7) is 2.84. The highest BCUT2D eigenvalue weighted by Gasteiger charge is 2.22. The van der Waals surface area contributed by atoms with Crippen LogP contribution < -0.4 is 17.2 Å². The van der Waals surface area contributed by atoms with Gasteiger partial charge in [0, 0.05) is 30.9 Å². The van der Waals surface area contributed by atoms with Gasteiger partial charge in [-0.25, -0.2) is 0 Å². The number of aromatic hydroxyl groups is 1. The number of nitrogens with zero attached hydrogens (tertiary/aromatic N) is 2. The van der Waals surface area contributed by atoms with Crippen LogP contribution in [0.25, 0.3) is 5.70 Å². The van der Waals surface area contributed by atoms with E-state index in [0.717, 1.165) is 31.8 Å². The summed E-state index contributed by atoms with van der Waals surface area (Å²) in [4.78, 5) is 4.40. The molecule has 1 aliphatic rings. The van der Waals surface area contributed by atoms with Crippen molar-refractivity contribution >= 4 is 5.70 Å². The van der Waals surface area contributed by atoms with Crippen molar-refractivity contribution in [1.29, 1.82) is 0 Å². The molecule has 0 aromatic heterocycles. The maximum Gasteiger partial charge on any atom is 0.124 e. The zero-order valence-electron chi connectivity index (χ0n) is 14.6. The smallest absolute Gasteiger partial charge is 0.124 e. The summed E-state index contributed by atoms with van der Waals surface area (Å²) in [6, 6.07) is 6.98. The van der Waals surface area contributed by atoms with Gasteiger partial charge in [0.1, 0.15) is 11.6 Å². The molecule has 1 unspecified atom stereocenters. The van der Waals surface area contributed by atoms with E-state index in [9.17, 15) is 5.11 Å². The molecule has 0 spiro atoms. The molecule has 24 heavy (non-hydrogen) atoms. The number of phenols is 1. The molecule has 0 amide bonds. The van der Waals surface area contributed by atoms with Crippen LogP contribution in [0.1, 0.15) is 18.4 Å². The van der Waals surface area contributed by atoms with Crippen molar-refractivity contribution in [2.75, 3.05) is 33.7 Å². The molecule has 6 nitrogen and oxygen atoms in total. The summed E-state index contributed by atoms with van der Waals surface area (Å²) in [5.41, 5.74) is 19.8. The number of hydrogen-bond acceptors (Lipinski definition) is 6. The second kappa shape index (κ2) is 7.97. The van der Waals surface area contributed by atoms with Gasteiger partial charge in [-0.2, -0.15) is 0 Å². The highest BCUT2D eigenvalue weighted by atomic mass is 16.3. The van der Waals surface area contributed by atoms with Crippen molar-refractivity contribution in [1.82, 2.24) is 9.80 Å². The molecule has 0 bridgehead atoms. The molecule has 1 heterocycles. The highest BCUT2D eigenvalue weighted by molar-refractivity contribution is 5.69. The maximum atomic E-state index is 9.97. The first kappa shape index (κ1) is 18.0. The number of rotatable bonds is 5. The van der Waals surface area contributed by atoms with E-state index in [1.54, 1.807) is 24.3 Å². The van der Waals surface area contributed by atoms with Crippen molar-refractivity contribution < 1.29 is 5.11 Å². The maximum absolute atomic E-state index is 9.97. The number of phenolic OH excluding ortho intramolecular Hbond substituents is 1. The molecule has 0 aliphatic carbocycles. The fraction of sp³-hybridized carbons (Fsp3) is 0.444. The Morgan fingerprint density at radius 3 is 2.62 bits per heavy atom. The molecule has 1 saturated heterocycles. The summed E-state index contributed by atoms with van der Waals surface area (Å²) >= 11 is 0. The quantitative estimate of drug-likeness (QED) is 0.601. The Hall–Kier alpha value is -2.34. The SMILES string of the molecule is CN(C)CC1CCCN(C(/C=C(\N)c2ccccc2O)=C(N)N)C1. The Kier molecular flexibility index (Phi) is 5.98. The summed E-state index contributed by atoms with van der Waals surface area (Å²) in [5.74, 6) is 0.965. The lowest BCUT2D eigenvalue weighted by atomic mass is 9.97. The molecular formula is C18H29N5O. The predicted octanol–water partition coefficient (Wildman–Crippen LogP) is 1.05. The molecule has 1 aromatic rings. The Morgan fingerprint density at radius 2 is 2.00 bits per heavy atom. The van der Waals surface area contributed by atoms with Crippen LogP contribution in [0.4, 0.5) is 0 Å². The number of nitrogens with two attached hydrogens (primary N) is 3.